The summed E-state index contributed by atoms with van der Waals surface area (Å²) in [6, 6.07) is 9.23. The molecule has 0 aliphatic carbocycles. The Morgan fingerprint density at radius 1 is 1.03 bits per heavy atom. The number of imide groups is 1. The van der Waals surface area contributed by atoms with Gasteiger partial charge < -0.3 is 24.8 Å². The van der Waals surface area contributed by atoms with E-state index >= 15 is 0 Å². The minimum atomic E-state index is -0.834. The highest BCUT2D eigenvalue weighted by molar-refractivity contribution is 6.02. The first-order chi connectivity index (χ1) is 14.8. The lowest BCUT2D eigenvalue weighted by atomic mass is 10.1. The van der Waals surface area contributed by atoms with Crippen LogP contribution in [-0.2, 0) is 14.3 Å². The van der Waals surface area contributed by atoms with Gasteiger partial charge in [-0.3, -0.25) is 19.7 Å². The maximum atomic E-state index is 12.1. The van der Waals surface area contributed by atoms with Crippen LogP contribution in [0.25, 0.3) is 0 Å². The van der Waals surface area contributed by atoms with Crippen molar-refractivity contribution in [3.63, 3.8) is 0 Å². The zero-order valence-electron chi connectivity index (χ0n) is 16.9. The van der Waals surface area contributed by atoms with Crippen LogP contribution in [0.1, 0.15) is 21.5 Å². The summed E-state index contributed by atoms with van der Waals surface area (Å²) in [5.41, 5.74) is 2.70. The molecule has 162 valence electrons. The van der Waals surface area contributed by atoms with E-state index in [-0.39, 0.29) is 12.4 Å². The third-order valence-electron chi connectivity index (χ3n) is 4.50. The number of amides is 4. The van der Waals surface area contributed by atoms with Gasteiger partial charge in [-0.25, -0.2) is 4.79 Å². The number of hydrogen-bond donors (Lipinski definition) is 3. The van der Waals surface area contributed by atoms with Gasteiger partial charge in [0.15, 0.2) is 18.1 Å². The Morgan fingerprint density at radius 2 is 1.81 bits per heavy atom. The summed E-state index contributed by atoms with van der Waals surface area (Å²) in [6.45, 7) is 2.70. The predicted molar refractivity (Wildman–Crippen MR) is 109 cm³/mol. The topological polar surface area (TPSA) is 132 Å². The van der Waals surface area contributed by atoms with Gasteiger partial charge in [0.25, 0.3) is 11.8 Å². The molecule has 31 heavy (non-hydrogen) atoms. The van der Waals surface area contributed by atoms with Gasteiger partial charge >= 0.3 is 12.0 Å². The van der Waals surface area contributed by atoms with Crippen LogP contribution in [0.4, 0.5) is 10.5 Å². The number of benzene rings is 2. The van der Waals surface area contributed by atoms with Crippen LogP contribution in [0.5, 0.6) is 11.5 Å². The molecule has 2 aromatic rings. The van der Waals surface area contributed by atoms with Crippen molar-refractivity contribution in [2.45, 2.75) is 13.8 Å². The molecule has 2 aromatic carbocycles. The fourth-order valence-electron chi connectivity index (χ4n) is 2.69. The number of carbonyl (C=O) groups excluding carboxylic acids is 4. The van der Waals surface area contributed by atoms with Crippen LogP contribution in [-0.4, -0.2) is 43.8 Å². The lowest BCUT2D eigenvalue weighted by Crippen LogP contribution is -2.38. The Labute approximate surface area is 177 Å². The largest absolute Gasteiger partial charge is 0.454 e. The summed E-state index contributed by atoms with van der Waals surface area (Å²) in [5.74, 6) is -1.19. The van der Waals surface area contributed by atoms with Gasteiger partial charge in [-0.2, -0.15) is 0 Å². The van der Waals surface area contributed by atoms with Gasteiger partial charge in [-0.05, 0) is 49.2 Å². The molecular formula is C21H21N3O7. The van der Waals surface area contributed by atoms with Crippen molar-refractivity contribution in [3.05, 3.63) is 53.1 Å². The van der Waals surface area contributed by atoms with Crippen molar-refractivity contribution >= 4 is 29.5 Å². The van der Waals surface area contributed by atoms with Gasteiger partial charge in [0.1, 0.15) is 6.54 Å². The number of urea groups is 1. The summed E-state index contributed by atoms with van der Waals surface area (Å²) in [5, 5.41) is 7.00. The molecule has 0 saturated heterocycles. The average Bonchev–Trinajstić information content (AvgIpc) is 3.21. The number of esters is 1. The monoisotopic (exact) mass is 427 g/mol. The van der Waals surface area contributed by atoms with Gasteiger partial charge in [0, 0.05) is 11.3 Å². The second kappa shape index (κ2) is 9.61. The Hall–Kier alpha value is -4.08. The van der Waals surface area contributed by atoms with Crippen LogP contribution < -0.4 is 25.4 Å². The molecule has 0 saturated carbocycles. The molecule has 0 unspecified atom stereocenters. The normalized spacial score (nSPS) is 11.4. The van der Waals surface area contributed by atoms with E-state index in [0.717, 1.165) is 11.1 Å². The Morgan fingerprint density at radius 3 is 2.61 bits per heavy atom. The highest BCUT2D eigenvalue weighted by Crippen LogP contribution is 2.32. The molecular weight excluding hydrogens is 406 g/mol. The molecule has 10 heteroatoms. The van der Waals surface area contributed by atoms with Crippen LogP contribution in [0.15, 0.2) is 36.4 Å². The van der Waals surface area contributed by atoms with E-state index in [1.165, 1.54) is 12.1 Å². The Bertz CT molecular complexity index is 1040. The van der Waals surface area contributed by atoms with E-state index in [4.69, 9.17) is 14.2 Å². The van der Waals surface area contributed by atoms with E-state index in [2.05, 4.69) is 16.0 Å². The number of rotatable bonds is 6. The number of ether oxygens (including phenoxy) is 3. The highest BCUT2D eigenvalue weighted by Gasteiger charge is 2.17. The van der Waals surface area contributed by atoms with Gasteiger partial charge in [-0.15, -0.1) is 0 Å². The van der Waals surface area contributed by atoms with Crippen molar-refractivity contribution in [2.24, 2.45) is 0 Å². The molecule has 10 nitrogen and oxygen atoms in total. The predicted octanol–water partition coefficient (Wildman–Crippen LogP) is 1.65. The molecule has 0 aromatic heterocycles. The molecule has 1 aliphatic rings. The summed E-state index contributed by atoms with van der Waals surface area (Å²) in [7, 11) is 0. The number of nitrogens with one attached hydrogen (secondary N) is 3. The van der Waals surface area contributed by atoms with Crippen molar-refractivity contribution in [2.75, 3.05) is 25.3 Å². The van der Waals surface area contributed by atoms with Crippen LogP contribution >= 0.6 is 0 Å². The molecule has 0 fully saturated rings. The maximum Gasteiger partial charge on any atom is 0.325 e. The average molecular weight is 427 g/mol. The lowest BCUT2D eigenvalue weighted by Gasteiger charge is -2.11. The first-order valence-electron chi connectivity index (χ1n) is 9.34. The van der Waals surface area contributed by atoms with Gasteiger partial charge in [-0.1, -0.05) is 12.1 Å². The summed E-state index contributed by atoms with van der Waals surface area (Å²) in [4.78, 5) is 47.6. The van der Waals surface area contributed by atoms with Crippen LogP contribution in [0.3, 0.4) is 0 Å². The third-order valence-corrected chi connectivity index (χ3v) is 4.50. The number of carbonyl (C=O) groups is 4. The molecule has 1 aliphatic heterocycles. The number of fused-ring (bicyclic) bond motifs is 1. The molecule has 4 amide bonds. The standard InChI is InChI=1S/C21H21N3O7/c1-12-4-3-5-15(13(12)2)23-21(28)24-18(25)10-29-19(26)9-22-20(27)14-6-7-16-17(8-14)31-11-30-16/h3-8H,9-11H2,1-2H3,(H,22,27)(H2,23,24,25,28). The molecule has 0 radical (unpaired) electrons. The van der Waals surface area contributed by atoms with Crippen molar-refractivity contribution in [1.82, 2.24) is 10.6 Å². The first kappa shape index (κ1) is 21.6. The molecule has 0 spiro atoms. The molecule has 1 heterocycles. The van der Waals surface area contributed by atoms with Gasteiger partial charge in [0.05, 0.1) is 0 Å². The van der Waals surface area contributed by atoms with Crippen molar-refractivity contribution < 1.29 is 33.4 Å². The first-order valence-corrected chi connectivity index (χ1v) is 9.34. The van der Waals surface area contributed by atoms with E-state index < -0.39 is 37.0 Å². The molecule has 3 N–H and O–H groups in total. The quantitative estimate of drug-likeness (QED) is 0.597. The zero-order valence-corrected chi connectivity index (χ0v) is 16.9. The summed E-state index contributed by atoms with van der Waals surface area (Å²) in [6.07, 6.45) is 0. The fourth-order valence-corrected chi connectivity index (χ4v) is 2.69. The smallest absolute Gasteiger partial charge is 0.325 e. The molecule has 3 rings (SSSR count). The van der Waals surface area contributed by atoms with E-state index in [0.29, 0.717) is 17.2 Å². The number of hydrogen-bond acceptors (Lipinski definition) is 7. The number of aryl methyl sites for hydroxylation is 1. The van der Waals surface area contributed by atoms with E-state index in [1.54, 1.807) is 18.2 Å². The van der Waals surface area contributed by atoms with Crippen molar-refractivity contribution in [1.29, 1.82) is 0 Å². The lowest BCUT2D eigenvalue weighted by molar-refractivity contribution is -0.147. The minimum Gasteiger partial charge on any atom is -0.454 e. The molecule has 0 atom stereocenters. The fraction of sp³-hybridized carbons (Fsp3) is 0.238. The van der Waals surface area contributed by atoms with Crippen molar-refractivity contribution in [3.8, 4) is 11.5 Å². The molecule has 0 bridgehead atoms. The third kappa shape index (κ3) is 5.72. The summed E-state index contributed by atoms with van der Waals surface area (Å²) >= 11 is 0. The van der Waals surface area contributed by atoms with Crippen LogP contribution in [0, 0.1) is 13.8 Å². The highest BCUT2D eigenvalue weighted by atomic mass is 16.7. The van der Waals surface area contributed by atoms with E-state index in [1.807, 2.05) is 19.9 Å². The van der Waals surface area contributed by atoms with Crippen LogP contribution in [0.2, 0.25) is 0 Å². The van der Waals surface area contributed by atoms with Gasteiger partial charge in [0.2, 0.25) is 6.79 Å². The second-order valence-electron chi connectivity index (χ2n) is 6.66. The number of anilines is 1. The SMILES string of the molecule is Cc1cccc(NC(=O)NC(=O)COC(=O)CNC(=O)c2ccc3c(c2)OCO3)c1C. The summed E-state index contributed by atoms with van der Waals surface area (Å²) < 4.78 is 15.1. The minimum absolute atomic E-state index is 0.0808. The Balaban J connectivity index is 1.39. The maximum absolute atomic E-state index is 12.1. The zero-order chi connectivity index (χ0) is 22.4. The Kier molecular flexibility index (Phi) is 6.71. The second-order valence-corrected chi connectivity index (χ2v) is 6.66. The van der Waals surface area contributed by atoms with E-state index in [9.17, 15) is 19.2 Å².